The van der Waals surface area contributed by atoms with Crippen LogP contribution in [0.15, 0.2) is 24.3 Å². The van der Waals surface area contributed by atoms with E-state index in [1.54, 1.807) is 0 Å². The van der Waals surface area contributed by atoms with Crippen LogP contribution in [-0.2, 0) is 4.74 Å². The van der Waals surface area contributed by atoms with Crippen molar-refractivity contribution in [3.63, 3.8) is 0 Å². The van der Waals surface area contributed by atoms with Crippen molar-refractivity contribution >= 4 is 34.6 Å². The van der Waals surface area contributed by atoms with Crippen molar-refractivity contribution in [2.24, 2.45) is 0 Å². The summed E-state index contributed by atoms with van der Waals surface area (Å²) in [7, 11) is 0. The van der Waals surface area contributed by atoms with Crippen LogP contribution in [0.3, 0.4) is 0 Å². The van der Waals surface area contributed by atoms with Crippen LogP contribution in [-0.4, -0.2) is 49.4 Å². The molecule has 1 saturated heterocycles. The summed E-state index contributed by atoms with van der Waals surface area (Å²) < 4.78 is 5.30. The van der Waals surface area contributed by atoms with E-state index in [2.05, 4.69) is 21.1 Å². The molecule has 1 fully saturated rings. The SMILES string of the molecule is S=C(NCCN1CCOCC1)NNc1ccccc1Cl. The second-order valence-electron chi connectivity index (χ2n) is 4.44. The molecule has 1 heterocycles. The highest BCUT2D eigenvalue weighted by molar-refractivity contribution is 7.80. The highest BCUT2D eigenvalue weighted by Crippen LogP contribution is 2.19. The summed E-state index contributed by atoms with van der Waals surface area (Å²) in [6.07, 6.45) is 0. The Morgan fingerprint density at radius 3 is 2.80 bits per heavy atom. The van der Waals surface area contributed by atoms with Crippen LogP contribution in [0.1, 0.15) is 0 Å². The predicted molar refractivity (Wildman–Crippen MR) is 86.1 cm³/mol. The van der Waals surface area contributed by atoms with Crippen LogP contribution in [0.4, 0.5) is 5.69 Å². The highest BCUT2D eigenvalue weighted by Gasteiger charge is 2.09. The van der Waals surface area contributed by atoms with Gasteiger partial charge in [0.15, 0.2) is 5.11 Å². The van der Waals surface area contributed by atoms with Crippen molar-refractivity contribution in [3.05, 3.63) is 29.3 Å². The largest absolute Gasteiger partial charge is 0.379 e. The van der Waals surface area contributed by atoms with Gasteiger partial charge in [-0.05, 0) is 24.4 Å². The van der Waals surface area contributed by atoms with Crippen molar-refractivity contribution in [1.29, 1.82) is 0 Å². The number of morpholine rings is 1. The zero-order chi connectivity index (χ0) is 14.2. The van der Waals surface area contributed by atoms with Gasteiger partial charge in [-0.2, -0.15) is 0 Å². The van der Waals surface area contributed by atoms with Crippen molar-refractivity contribution < 1.29 is 4.74 Å². The van der Waals surface area contributed by atoms with E-state index < -0.39 is 0 Å². The van der Waals surface area contributed by atoms with Gasteiger partial charge in [0.05, 0.1) is 23.9 Å². The molecule has 2 rings (SSSR count). The van der Waals surface area contributed by atoms with E-state index in [9.17, 15) is 0 Å². The van der Waals surface area contributed by atoms with Crippen molar-refractivity contribution in [2.75, 3.05) is 44.8 Å². The van der Waals surface area contributed by atoms with Gasteiger partial charge in [0.1, 0.15) is 0 Å². The molecule has 110 valence electrons. The smallest absolute Gasteiger partial charge is 0.185 e. The fraction of sp³-hybridized carbons (Fsp3) is 0.462. The maximum atomic E-state index is 6.03. The Hall–Kier alpha value is -1.08. The van der Waals surface area contributed by atoms with Gasteiger partial charge in [0.25, 0.3) is 0 Å². The summed E-state index contributed by atoms with van der Waals surface area (Å²) in [5.74, 6) is 0. The summed E-state index contributed by atoms with van der Waals surface area (Å²) in [5, 5.41) is 4.35. The van der Waals surface area contributed by atoms with Crippen LogP contribution >= 0.6 is 23.8 Å². The number of rotatable bonds is 5. The summed E-state index contributed by atoms with van der Waals surface area (Å²) in [6.45, 7) is 5.36. The lowest BCUT2D eigenvalue weighted by Crippen LogP contribution is -2.44. The molecule has 0 unspecified atom stereocenters. The van der Waals surface area contributed by atoms with Gasteiger partial charge in [-0.1, -0.05) is 23.7 Å². The summed E-state index contributed by atoms with van der Waals surface area (Å²) in [5.41, 5.74) is 6.70. The first-order valence-electron chi connectivity index (χ1n) is 6.60. The zero-order valence-electron chi connectivity index (χ0n) is 11.2. The number of nitrogens with zero attached hydrogens (tertiary/aromatic N) is 1. The first kappa shape index (κ1) is 15.3. The van der Waals surface area contributed by atoms with Gasteiger partial charge in [0, 0.05) is 26.2 Å². The van der Waals surface area contributed by atoms with Gasteiger partial charge >= 0.3 is 0 Å². The normalized spacial score (nSPS) is 15.7. The molecule has 0 amide bonds. The van der Waals surface area contributed by atoms with Gasteiger partial charge in [-0.3, -0.25) is 15.8 Å². The van der Waals surface area contributed by atoms with E-state index in [0.29, 0.717) is 10.1 Å². The first-order valence-corrected chi connectivity index (χ1v) is 7.39. The molecule has 1 aromatic carbocycles. The van der Waals surface area contributed by atoms with Crippen LogP contribution in [0.2, 0.25) is 5.02 Å². The number of nitrogens with one attached hydrogen (secondary N) is 3. The number of para-hydroxylation sites is 1. The molecule has 0 atom stereocenters. The number of hydrogen-bond acceptors (Lipinski definition) is 4. The van der Waals surface area contributed by atoms with Gasteiger partial charge < -0.3 is 10.1 Å². The van der Waals surface area contributed by atoms with Crippen LogP contribution in [0.25, 0.3) is 0 Å². The van der Waals surface area contributed by atoms with E-state index in [1.807, 2.05) is 24.3 Å². The van der Waals surface area contributed by atoms with E-state index in [1.165, 1.54) is 0 Å². The van der Waals surface area contributed by atoms with E-state index in [-0.39, 0.29) is 0 Å². The lowest BCUT2D eigenvalue weighted by atomic mass is 10.3. The second kappa shape index (κ2) is 8.26. The van der Waals surface area contributed by atoms with Crippen molar-refractivity contribution in [1.82, 2.24) is 15.6 Å². The Balaban J connectivity index is 1.62. The second-order valence-corrected chi connectivity index (χ2v) is 5.26. The number of ether oxygens (including phenoxy) is 1. The monoisotopic (exact) mass is 314 g/mol. The summed E-state index contributed by atoms with van der Waals surface area (Å²) >= 11 is 11.2. The molecule has 0 bridgehead atoms. The summed E-state index contributed by atoms with van der Waals surface area (Å²) in [6, 6.07) is 7.49. The molecule has 1 aromatic rings. The van der Waals surface area contributed by atoms with Gasteiger partial charge in [-0.15, -0.1) is 0 Å². The molecule has 7 heteroatoms. The third-order valence-electron chi connectivity index (χ3n) is 3.00. The average molecular weight is 315 g/mol. The van der Waals surface area contributed by atoms with E-state index in [0.717, 1.165) is 45.1 Å². The molecule has 5 nitrogen and oxygen atoms in total. The van der Waals surface area contributed by atoms with Crippen molar-refractivity contribution in [3.8, 4) is 0 Å². The standard InChI is InChI=1S/C13H19ClN4OS/c14-11-3-1-2-4-12(11)16-17-13(20)15-5-6-18-7-9-19-10-8-18/h1-4,16H,5-10H2,(H2,15,17,20). The van der Waals surface area contributed by atoms with Crippen LogP contribution in [0, 0.1) is 0 Å². The number of anilines is 1. The number of thiocarbonyl (C=S) groups is 1. The number of halogens is 1. The average Bonchev–Trinajstić information content (AvgIpc) is 2.47. The third-order valence-corrected chi connectivity index (χ3v) is 3.58. The van der Waals surface area contributed by atoms with E-state index >= 15 is 0 Å². The maximum absolute atomic E-state index is 6.03. The molecule has 0 radical (unpaired) electrons. The molecule has 0 aromatic heterocycles. The Morgan fingerprint density at radius 2 is 2.05 bits per heavy atom. The fourth-order valence-corrected chi connectivity index (χ4v) is 2.22. The minimum Gasteiger partial charge on any atom is -0.379 e. The fourth-order valence-electron chi connectivity index (χ4n) is 1.88. The molecule has 1 aliphatic rings. The molecular weight excluding hydrogens is 296 g/mol. The van der Waals surface area contributed by atoms with E-state index in [4.69, 9.17) is 28.6 Å². The van der Waals surface area contributed by atoms with Gasteiger partial charge in [0.2, 0.25) is 0 Å². The molecule has 0 saturated carbocycles. The lowest BCUT2D eigenvalue weighted by molar-refractivity contribution is 0.0389. The minimum atomic E-state index is 0.554. The number of benzene rings is 1. The number of hydrogen-bond donors (Lipinski definition) is 3. The van der Waals surface area contributed by atoms with Crippen LogP contribution < -0.4 is 16.2 Å². The Bertz CT molecular complexity index is 440. The highest BCUT2D eigenvalue weighted by atomic mass is 35.5. The minimum absolute atomic E-state index is 0.554. The predicted octanol–water partition coefficient (Wildman–Crippen LogP) is 1.46. The quantitative estimate of drug-likeness (QED) is 0.565. The Labute approximate surface area is 129 Å². The van der Waals surface area contributed by atoms with Crippen molar-refractivity contribution in [2.45, 2.75) is 0 Å². The Morgan fingerprint density at radius 1 is 1.30 bits per heavy atom. The molecule has 0 aliphatic carbocycles. The first-order chi connectivity index (χ1) is 9.75. The molecular formula is C13H19ClN4OS. The summed E-state index contributed by atoms with van der Waals surface area (Å²) in [4.78, 5) is 2.35. The maximum Gasteiger partial charge on any atom is 0.185 e. The molecule has 3 N–H and O–H groups in total. The Kier molecular flexibility index (Phi) is 6.32. The molecule has 20 heavy (non-hydrogen) atoms. The zero-order valence-corrected chi connectivity index (χ0v) is 12.8. The molecule has 1 aliphatic heterocycles. The third kappa shape index (κ3) is 5.13. The van der Waals surface area contributed by atoms with Gasteiger partial charge in [-0.25, -0.2) is 0 Å². The van der Waals surface area contributed by atoms with Crippen LogP contribution in [0.5, 0.6) is 0 Å². The lowest BCUT2D eigenvalue weighted by Gasteiger charge is -2.26. The number of hydrazine groups is 1. The molecule has 0 spiro atoms. The topological polar surface area (TPSA) is 48.6 Å².